The van der Waals surface area contributed by atoms with E-state index in [0.29, 0.717) is 5.82 Å². The number of sulfonamides is 1. The Morgan fingerprint density at radius 1 is 1.32 bits per heavy atom. The van der Waals surface area contributed by atoms with Gasteiger partial charge in [0.15, 0.2) is 5.82 Å². The van der Waals surface area contributed by atoms with Crippen molar-refractivity contribution in [2.24, 2.45) is 5.14 Å². The van der Waals surface area contributed by atoms with Crippen LogP contribution >= 0.6 is 0 Å². The number of rotatable bonds is 3. The van der Waals surface area contributed by atoms with Crippen LogP contribution < -0.4 is 5.14 Å². The lowest BCUT2D eigenvalue weighted by Gasteiger charge is -2.13. The smallest absolute Gasteiger partial charge is 0.273 e. The highest BCUT2D eigenvalue weighted by Crippen LogP contribution is 2.25. The molecule has 2 aromatic rings. The normalized spacial score (nSPS) is 12.1. The Hall–Kier alpha value is -1.80. The average molecular weight is 281 g/mol. The molecule has 0 saturated carbocycles. The Morgan fingerprint density at radius 3 is 2.53 bits per heavy atom. The molecule has 0 bridgehead atoms. The third kappa shape index (κ3) is 2.49. The lowest BCUT2D eigenvalue weighted by molar-refractivity contribution is 0.524. The van der Waals surface area contributed by atoms with Crippen LogP contribution in [-0.2, 0) is 10.0 Å². The lowest BCUT2D eigenvalue weighted by Crippen LogP contribution is -2.20. The van der Waals surface area contributed by atoms with Crippen molar-refractivity contribution in [3.8, 4) is 11.4 Å². The molecule has 0 fully saturated rings. The van der Waals surface area contributed by atoms with Crippen LogP contribution in [0.4, 0.5) is 0 Å². The molecule has 102 valence electrons. The quantitative estimate of drug-likeness (QED) is 0.899. The number of primary sulfonamides is 1. The van der Waals surface area contributed by atoms with Gasteiger partial charge in [-0.25, -0.2) is 13.6 Å². The van der Waals surface area contributed by atoms with Gasteiger partial charge in [-0.3, -0.25) is 9.55 Å². The number of hydrogen-bond acceptors (Lipinski definition) is 5. The van der Waals surface area contributed by atoms with Gasteiger partial charge in [0.05, 0.1) is 0 Å². The molecule has 0 aromatic carbocycles. The van der Waals surface area contributed by atoms with Crippen LogP contribution in [0.3, 0.4) is 0 Å². The first kappa shape index (κ1) is 13.6. The number of hydrogen-bond donors (Lipinski definition) is 1. The van der Waals surface area contributed by atoms with Gasteiger partial charge in [-0.15, -0.1) is 10.2 Å². The highest BCUT2D eigenvalue weighted by Gasteiger charge is 2.24. The summed E-state index contributed by atoms with van der Waals surface area (Å²) in [6, 6.07) is 3.44. The number of nitrogens with zero attached hydrogens (tertiary/aromatic N) is 4. The van der Waals surface area contributed by atoms with Gasteiger partial charge < -0.3 is 0 Å². The van der Waals surface area contributed by atoms with Crippen LogP contribution in [-0.4, -0.2) is 28.2 Å². The lowest BCUT2D eigenvalue weighted by atomic mass is 10.2. The molecule has 0 amide bonds. The van der Waals surface area contributed by atoms with Gasteiger partial charge in [-0.1, -0.05) is 0 Å². The van der Waals surface area contributed by atoms with Crippen molar-refractivity contribution in [2.45, 2.75) is 32.0 Å². The van der Waals surface area contributed by atoms with E-state index in [9.17, 15) is 8.42 Å². The minimum Gasteiger partial charge on any atom is -0.294 e. The van der Waals surface area contributed by atoms with Crippen molar-refractivity contribution in [1.29, 1.82) is 0 Å². The predicted molar refractivity (Wildman–Crippen MR) is 69.7 cm³/mol. The summed E-state index contributed by atoms with van der Waals surface area (Å²) in [5, 5.41) is 12.6. The maximum atomic E-state index is 11.5. The highest BCUT2D eigenvalue weighted by atomic mass is 32.2. The van der Waals surface area contributed by atoms with Crippen molar-refractivity contribution in [3.05, 3.63) is 24.0 Å². The summed E-state index contributed by atoms with van der Waals surface area (Å²) in [5.74, 6) is 0.449. The van der Waals surface area contributed by atoms with Crippen molar-refractivity contribution in [3.63, 3.8) is 0 Å². The Labute approximate surface area is 111 Å². The summed E-state index contributed by atoms with van der Waals surface area (Å²) in [5.41, 5.74) is 1.48. The molecule has 2 heterocycles. The van der Waals surface area contributed by atoms with Gasteiger partial charge in [0.2, 0.25) is 0 Å². The van der Waals surface area contributed by atoms with Crippen LogP contribution in [0.15, 0.2) is 23.5 Å². The molecule has 0 aliphatic heterocycles. The van der Waals surface area contributed by atoms with Gasteiger partial charge in [0, 0.05) is 23.5 Å². The first-order valence-corrected chi connectivity index (χ1v) is 7.26. The molecule has 2 rings (SSSR count). The van der Waals surface area contributed by atoms with E-state index in [1.807, 2.05) is 26.8 Å². The SMILES string of the molecule is Cc1ncccc1-c1nnc(S(N)(=O)=O)n1C(C)C. The molecule has 0 aliphatic rings. The number of aromatic nitrogens is 4. The second-order valence-electron chi connectivity index (χ2n) is 4.45. The fraction of sp³-hybridized carbons (Fsp3) is 0.364. The fourth-order valence-corrected chi connectivity index (χ4v) is 2.57. The molecule has 8 heteroatoms. The molecule has 0 saturated heterocycles. The molecule has 7 nitrogen and oxygen atoms in total. The third-order valence-electron chi connectivity index (χ3n) is 2.68. The molecule has 19 heavy (non-hydrogen) atoms. The second kappa shape index (κ2) is 4.71. The summed E-state index contributed by atoms with van der Waals surface area (Å²) < 4.78 is 24.6. The summed E-state index contributed by atoms with van der Waals surface area (Å²) in [7, 11) is -3.91. The molecule has 2 aromatic heterocycles. The first-order chi connectivity index (χ1) is 8.82. The number of nitrogens with two attached hydrogens (primary N) is 1. The molecular formula is C11H15N5O2S. The Balaban J connectivity index is 2.74. The molecule has 0 spiro atoms. The van der Waals surface area contributed by atoms with Crippen molar-refractivity contribution < 1.29 is 8.42 Å². The Kier molecular flexibility index (Phi) is 3.38. The number of pyridine rings is 1. The predicted octanol–water partition coefficient (Wildman–Crippen LogP) is 0.877. The van der Waals surface area contributed by atoms with E-state index in [2.05, 4.69) is 15.2 Å². The number of aryl methyl sites for hydroxylation is 1. The molecule has 0 aliphatic carbocycles. The van der Waals surface area contributed by atoms with Crippen LogP contribution in [0, 0.1) is 6.92 Å². The highest BCUT2D eigenvalue weighted by molar-refractivity contribution is 7.89. The summed E-state index contributed by atoms with van der Waals surface area (Å²) in [4.78, 5) is 4.17. The molecular weight excluding hydrogens is 266 g/mol. The van der Waals surface area contributed by atoms with E-state index in [4.69, 9.17) is 5.14 Å². The van der Waals surface area contributed by atoms with E-state index in [1.165, 1.54) is 4.57 Å². The van der Waals surface area contributed by atoms with Crippen molar-refractivity contribution in [2.75, 3.05) is 0 Å². The van der Waals surface area contributed by atoms with E-state index in [1.54, 1.807) is 12.3 Å². The van der Waals surface area contributed by atoms with Gasteiger partial charge in [-0.05, 0) is 32.9 Å². The average Bonchev–Trinajstić information content (AvgIpc) is 2.73. The van der Waals surface area contributed by atoms with Crippen molar-refractivity contribution in [1.82, 2.24) is 19.7 Å². The minimum atomic E-state index is -3.91. The van der Waals surface area contributed by atoms with E-state index in [-0.39, 0.29) is 11.2 Å². The first-order valence-electron chi connectivity index (χ1n) is 5.72. The van der Waals surface area contributed by atoms with E-state index >= 15 is 0 Å². The van der Waals surface area contributed by atoms with E-state index in [0.717, 1.165) is 11.3 Å². The third-order valence-corrected chi connectivity index (χ3v) is 3.47. The second-order valence-corrected chi connectivity index (χ2v) is 5.91. The van der Waals surface area contributed by atoms with Gasteiger partial charge in [0.1, 0.15) is 0 Å². The van der Waals surface area contributed by atoms with Gasteiger partial charge in [0.25, 0.3) is 15.2 Å². The largest absolute Gasteiger partial charge is 0.294 e. The van der Waals surface area contributed by atoms with Crippen LogP contribution in [0.5, 0.6) is 0 Å². The Morgan fingerprint density at radius 2 is 2.00 bits per heavy atom. The van der Waals surface area contributed by atoms with Crippen LogP contribution in [0.25, 0.3) is 11.4 Å². The summed E-state index contributed by atoms with van der Waals surface area (Å²) in [6.45, 7) is 5.51. The van der Waals surface area contributed by atoms with Gasteiger partial charge >= 0.3 is 0 Å². The Bertz CT molecular complexity index is 706. The minimum absolute atomic E-state index is 0.141. The fourth-order valence-electron chi connectivity index (χ4n) is 1.84. The monoisotopic (exact) mass is 281 g/mol. The molecule has 2 N–H and O–H groups in total. The zero-order valence-electron chi connectivity index (χ0n) is 10.9. The van der Waals surface area contributed by atoms with E-state index < -0.39 is 10.0 Å². The summed E-state index contributed by atoms with van der Waals surface area (Å²) in [6.07, 6.45) is 1.66. The summed E-state index contributed by atoms with van der Waals surface area (Å²) >= 11 is 0. The molecule has 0 unspecified atom stereocenters. The zero-order valence-corrected chi connectivity index (χ0v) is 11.7. The van der Waals surface area contributed by atoms with Crippen LogP contribution in [0.2, 0.25) is 0 Å². The zero-order chi connectivity index (χ0) is 14.2. The van der Waals surface area contributed by atoms with Crippen molar-refractivity contribution >= 4 is 10.0 Å². The molecule has 0 atom stereocenters. The molecule has 0 radical (unpaired) electrons. The van der Waals surface area contributed by atoms with Gasteiger partial charge in [-0.2, -0.15) is 0 Å². The standard InChI is InChI=1S/C11H15N5O2S/c1-7(2)16-10(9-5-4-6-13-8(9)3)14-15-11(16)19(12,17)18/h4-7H,1-3H3,(H2,12,17,18). The maximum Gasteiger partial charge on any atom is 0.273 e. The van der Waals surface area contributed by atoms with Crippen LogP contribution in [0.1, 0.15) is 25.6 Å². The topological polar surface area (TPSA) is 104 Å². The maximum absolute atomic E-state index is 11.5.